The average Bonchev–Trinajstić information content (AvgIpc) is 3.49. The summed E-state index contributed by atoms with van der Waals surface area (Å²) in [5.41, 5.74) is 1.51. The Morgan fingerprint density at radius 2 is 1.72 bits per heavy atom. The summed E-state index contributed by atoms with van der Waals surface area (Å²) >= 11 is 0. The highest BCUT2D eigenvalue weighted by molar-refractivity contribution is 5.93. The first kappa shape index (κ1) is 19.1. The van der Waals surface area contributed by atoms with Crippen molar-refractivity contribution in [3.8, 4) is 5.69 Å². The van der Waals surface area contributed by atoms with Crippen molar-refractivity contribution in [3.05, 3.63) is 36.2 Å². The van der Waals surface area contributed by atoms with Crippen LogP contribution < -0.4 is 5.32 Å². The van der Waals surface area contributed by atoms with Crippen LogP contribution >= 0.6 is 0 Å². The fraction of sp³-hybridized carbons (Fsp3) is 0.450. The van der Waals surface area contributed by atoms with Gasteiger partial charge in [-0.25, -0.2) is 9.48 Å². The van der Waals surface area contributed by atoms with Crippen LogP contribution in [0, 0.1) is 11.8 Å². The zero-order valence-electron chi connectivity index (χ0n) is 16.2. The van der Waals surface area contributed by atoms with Crippen LogP contribution in [0.5, 0.6) is 0 Å². The molecule has 0 unspecified atom stereocenters. The minimum Gasteiger partial charge on any atom is -0.464 e. The van der Waals surface area contributed by atoms with Gasteiger partial charge >= 0.3 is 5.97 Å². The number of hydrogen-bond donors (Lipinski definition) is 1. The van der Waals surface area contributed by atoms with Gasteiger partial charge in [0.05, 0.1) is 19.0 Å². The van der Waals surface area contributed by atoms with E-state index in [-0.39, 0.29) is 29.3 Å². The first-order chi connectivity index (χ1) is 14.0. The van der Waals surface area contributed by atoms with Crippen molar-refractivity contribution >= 4 is 23.5 Å². The number of likely N-dealkylation sites (tertiary alicyclic amines) is 1. The topological polar surface area (TPSA) is 106 Å². The molecule has 1 aliphatic heterocycles. The highest BCUT2D eigenvalue weighted by atomic mass is 16.5. The number of anilines is 1. The Balaban J connectivity index is 1.31. The Hall–Kier alpha value is -3.23. The number of esters is 1. The van der Waals surface area contributed by atoms with Crippen LogP contribution in [0.2, 0.25) is 0 Å². The summed E-state index contributed by atoms with van der Waals surface area (Å²) < 4.78 is 6.08. The van der Waals surface area contributed by atoms with Crippen LogP contribution in [-0.2, 0) is 14.3 Å². The molecule has 0 spiro atoms. The predicted octanol–water partition coefficient (Wildman–Crippen LogP) is 1.64. The lowest BCUT2D eigenvalue weighted by atomic mass is 9.95. The van der Waals surface area contributed by atoms with Gasteiger partial charge in [-0.3, -0.25) is 9.59 Å². The van der Waals surface area contributed by atoms with Gasteiger partial charge in [-0.1, -0.05) is 5.21 Å². The first-order valence-electron chi connectivity index (χ1n) is 9.76. The molecule has 0 atom stereocenters. The normalized spacial score (nSPS) is 17.1. The Labute approximate surface area is 168 Å². The molecule has 1 saturated carbocycles. The molecular weight excluding hydrogens is 374 g/mol. The highest BCUT2D eigenvalue weighted by Gasteiger charge is 2.35. The molecule has 1 N–H and O–H groups in total. The van der Waals surface area contributed by atoms with Gasteiger partial charge in [-0.15, -0.1) is 5.10 Å². The van der Waals surface area contributed by atoms with E-state index < -0.39 is 5.97 Å². The van der Waals surface area contributed by atoms with Gasteiger partial charge in [0.25, 0.3) is 0 Å². The fourth-order valence-electron chi connectivity index (χ4n) is 3.48. The number of ether oxygens (including phenoxy) is 1. The maximum Gasteiger partial charge on any atom is 0.360 e. The van der Waals surface area contributed by atoms with E-state index >= 15 is 0 Å². The minimum atomic E-state index is -0.551. The van der Waals surface area contributed by atoms with Crippen LogP contribution in [0.15, 0.2) is 30.5 Å². The number of hydrogen-bond acceptors (Lipinski definition) is 6. The standard InChI is InChI=1S/C20H23N5O4/c1-29-20(28)17-12-25(23-22-17)16-6-4-15(5-7-16)21-18(26)13-8-10-24(11-9-13)19(27)14-2-3-14/h4-7,12-14H,2-3,8-11H2,1H3,(H,21,26). The molecule has 2 fully saturated rings. The van der Waals surface area contributed by atoms with Gasteiger partial charge in [0.1, 0.15) is 0 Å². The lowest BCUT2D eigenvalue weighted by Crippen LogP contribution is -2.42. The van der Waals surface area contributed by atoms with Crippen LogP contribution in [0.1, 0.15) is 36.2 Å². The van der Waals surface area contributed by atoms with Crippen LogP contribution in [-0.4, -0.2) is 57.9 Å². The first-order valence-corrected chi connectivity index (χ1v) is 9.76. The summed E-state index contributed by atoms with van der Waals surface area (Å²) in [7, 11) is 1.29. The zero-order chi connectivity index (χ0) is 20.4. The molecule has 9 nitrogen and oxygen atoms in total. The largest absolute Gasteiger partial charge is 0.464 e. The Morgan fingerprint density at radius 1 is 1.03 bits per heavy atom. The summed E-state index contributed by atoms with van der Waals surface area (Å²) in [4.78, 5) is 38.1. The summed E-state index contributed by atoms with van der Waals surface area (Å²) in [5.74, 6) is -0.179. The van der Waals surface area contributed by atoms with Crippen LogP contribution in [0.25, 0.3) is 5.69 Å². The zero-order valence-corrected chi connectivity index (χ0v) is 16.2. The molecule has 2 heterocycles. The van der Waals surface area contributed by atoms with Crippen molar-refractivity contribution in [1.82, 2.24) is 19.9 Å². The Morgan fingerprint density at radius 3 is 2.34 bits per heavy atom. The summed E-state index contributed by atoms with van der Waals surface area (Å²) in [6.45, 7) is 1.31. The van der Waals surface area contributed by atoms with E-state index in [4.69, 9.17) is 0 Å². The lowest BCUT2D eigenvalue weighted by molar-refractivity contribution is -0.135. The molecule has 0 radical (unpaired) electrons. The van der Waals surface area contributed by atoms with E-state index in [2.05, 4.69) is 20.4 Å². The monoisotopic (exact) mass is 397 g/mol. The van der Waals surface area contributed by atoms with Gasteiger partial charge in [0, 0.05) is 30.6 Å². The minimum absolute atomic E-state index is 0.0231. The molecule has 152 valence electrons. The second kappa shape index (κ2) is 8.02. The maximum absolute atomic E-state index is 12.6. The Bertz CT molecular complexity index is 911. The molecule has 0 bridgehead atoms. The number of nitrogens with zero attached hydrogens (tertiary/aromatic N) is 4. The third kappa shape index (κ3) is 4.28. The number of methoxy groups -OCH3 is 1. The second-order valence-electron chi connectivity index (χ2n) is 7.45. The van der Waals surface area contributed by atoms with Crippen molar-refractivity contribution in [2.75, 3.05) is 25.5 Å². The lowest BCUT2D eigenvalue weighted by Gasteiger charge is -2.31. The number of nitrogens with one attached hydrogen (secondary N) is 1. The number of rotatable bonds is 5. The van der Waals surface area contributed by atoms with E-state index in [1.54, 1.807) is 24.3 Å². The number of piperidine rings is 1. The average molecular weight is 397 g/mol. The van der Waals surface area contributed by atoms with Gasteiger partial charge in [-0.2, -0.15) is 0 Å². The third-order valence-corrected chi connectivity index (χ3v) is 5.39. The van der Waals surface area contributed by atoms with E-state index in [0.29, 0.717) is 37.3 Å². The maximum atomic E-state index is 12.6. The Kier molecular flexibility index (Phi) is 5.28. The number of carbonyl (C=O) groups excluding carboxylic acids is 3. The van der Waals surface area contributed by atoms with Crippen molar-refractivity contribution in [3.63, 3.8) is 0 Å². The van der Waals surface area contributed by atoms with Gasteiger partial charge < -0.3 is 15.0 Å². The van der Waals surface area contributed by atoms with Gasteiger partial charge in [-0.05, 0) is 49.9 Å². The molecule has 2 aromatic rings. The van der Waals surface area contributed by atoms with Crippen molar-refractivity contribution < 1.29 is 19.1 Å². The number of benzene rings is 1. The summed E-state index contributed by atoms with van der Waals surface area (Å²) in [5, 5.41) is 10.6. The molecule has 1 aromatic carbocycles. The van der Waals surface area contributed by atoms with E-state index in [1.807, 2.05) is 4.90 Å². The molecule has 1 saturated heterocycles. The van der Waals surface area contributed by atoms with Crippen molar-refractivity contribution in [1.29, 1.82) is 0 Å². The predicted molar refractivity (Wildman–Crippen MR) is 103 cm³/mol. The third-order valence-electron chi connectivity index (χ3n) is 5.39. The SMILES string of the molecule is COC(=O)c1cn(-c2ccc(NC(=O)C3CCN(C(=O)C4CC4)CC3)cc2)nn1. The van der Waals surface area contributed by atoms with E-state index in [1.165, 1.54) is 18.0 Å². The fourth-order valence-corrected chi connectivity index (χ4v) is 3.48. The summed E-state index contributed by atoms with van der Waals surface area (Å²) in [6.07, 6.45) is 4.88. The van der Waals surface area contributed by atoms with Gasteiger partial charge in [0.2, 0.25) is 11.8 Å². The number of amides is 2. The van der Waals surface area contributed by atoms with E-state index in [9.17, 15) is 14.4 Å². The molecule has 29 heavy (non-hydrogen) atoms. The van der Waals surface area contributed by atoms with Crippen molar-refractivity contribution in [2.45, 2.75) is 25.7 Å². The van der Waals surface area contributed by atoms with Crippen molar-refractivity contribution in [2.24, 2.45) is 11.8 Å². The molecule has 9 heteroatoms. The van der Waals surface area contributed by atoms with E-state index in [0.717, 1.165) is 12.8 Å². The number of aromatic nitrogens is 3. The molecule has 1 aliphatic carbocycles. The molecule has 4 rings (SSSR count). The second-order valence-corrected chi connectivity index (χ2v) is 7.45. The van der Waals surface area contributed by atoms with Gasteiger partial charge in [0.15, 0.2) is 5.69 Å². The van der Waals surface area contributed by atoms with Crippen LogP contribution in [0.3, 0.4) is 0 Å². The smallest absolute Gasteiger partial charge is 0.360 e. The van der Waals surface area contributed by atoms with Crippen LogP contribution in [0.4, 0.5) is 5.69 Å². The highest BCUT2D eigenvalue weighted by Crippen LogP contribution is 2.32. The quantitative estimate of drug-likeness (QED) is 0.769. The molecule has 1 aromatic heterocycles. The summed E-state index contributed by atoms with van der Waals surface area (Å²) in [6, 6.07) is 7.11. The molecule has 2 aliphatic rings. The molecule has 2 amide bonds. The number of carbonyl (C=O) groups is 3. The molecular formula is C20H23N5O4.